The predicted octanol–water partition coefficient (Wildman–Crippen LogP) is 1.29. The lowest BCUT2D eigenvalue weighted by molar-refractivity contribution is 0.466. The molecule has 1 saturated carbocycles. The lowest BCUT2D eigenvalue weighted by atomic mass is 10.3. The number of likely N-dealkylation sites (N-methyl/N-ethyl adjacent to an activating group) is 1. The van der Waals surface area contributed by atoms with Gasteiger partial charge in [-0.2, -0.15) is 4.31 Å². The third-order valence-electron chi connectivity index (χ3n) is 2.95. The van der Waals surface area contributed by atoms with Crippen molar-refractivity contribution in [2.75, 3.05) is 20.6 Å². The Hall–Kier alpha value is -0.430. The van der Waals surface area contributed by atoms with Gasteiger partial charge in [-0.3, -0.25) is 0 Å². The van der Waals surface area contributed by atoms with Crippen molar-refractivity contribution in [2.45, 2.75) is 29.5 Å². The third-order valence-corrected chi connectivity index (χ3v) is 6.48. The summed E-state index contributed by atoms with van der Waals surface area (Å²) in [7, 11) is 0.327. The molecule has 0 atom stereocenters. The molecule has 4 nitrogen and oxygen atoms in total. The van der Waals surface area contributed by atoms with Gasteiger partial charge >= 0.3 is 0 Å². The number of sulfonamides is 1. The van der Waals surface area contributed by atoms with Crippen LogP contribution in [0.25, 0.3) is 0 Å². The van der Waals surface area contributed by atoms with Gasteiger partial charge in [0.15, 0.2) is 0 Å². The molecule has 1 aliphatic carbocycles. The van der Waals surface area contributed by atoms with Crippen LogP contribution in [0.5, 0.6) is 0 Å². The molecular weight excluding hydrogens is 256 g/mol. The standard InChI is InChI=1S/C11H18N2O2S2/c1-12-8-7-10-5-6-11(16-10)17(14,15)13(2)9-3-4-9/h5-6,9,12H,3-4,7-8H2,1-2H3. The fourth-order valence-corrected chi connectivity index (χ4v) is 4.61. The Labute approximate surface area is 107 Å². The molecular formula is C11H18N2O2S2. The Kier molecular flexibility index (Phi) is 3.87. The molecule has 0 bridgehead atoms. The van der Waals surface area contributed by atoms with Crippen LogP contribution in [0, 0.1) is 0 Å². The molecule has 0 radical (unpaired) electrons. The third kappa shape index (κ3) is 2.88. The zero-order valence-electron chi connectivity index (χ0n) is 10.1. The summed E-state index contributed by atoms with van der Waals surface area (Å²) in [5, 5.41) is 3.06. The van der Waals surface area contributed by atoms with Crippen molar-refractivity contribution in [3.63, 3.8) is 0 Å². The zero-order valence-corrected chi connectivity index (χ0v) is 11.8. The second-order valence-corrected chi connectivity index (χ2v) is 7.72. The summed E-state index contributed by atoms with van der Waals surface area (Å²) in [6.07, 6.45) is 2.87. The molecule has 0 unspecified atom stereocenters. The van der Waals surface area contributed by atoms with Crippen molar-refractivity contribution in [2.24, 2.45) is 0 Å². The lowest BCUT2D eigenvalue weighted by Crippen LogP contribution is -2.28. The number of hydrogen-bond acceptors (Lipinski definition) is 4. The van der Waals surface area contributed by atoms with Crippen LogP contribution in [-0.4, -0.2) is 39.4 Å². The van der Waals surface area contributed by atoms with Gasteiger partial charge in [-0.25, -0.2) is 8.42 Å². The van der Waals surface area contributed by atoms with Crippen molar-refractivity contribution in [3.05, 3.63) is 17.0 Å². The number of nitrogens with one attached hydrogen (secondary N) is 1. The topological polar surface area (TPSA) is 49.4 Å². The highest BCUT2D eigenvalue weighted by atomic mass is 32.2. The largest absolute Gasteiger partial charge is 0.319 e. The Bertz CT molecular complexity index is 477. The maximum Gasteiger partial charge on any atom is 0.252 e. The summed E-state index contributed by atoms with van der Waals surface area (Å²) in [5.74, 6) is 0. The highest BCUT2D eigenvalue weighted by molar-refractivity contribution is 7.91. The Morgan fingerprint density at radius 2 is 2.18 bits per heavy atom. The monoisotopic (exact) mass is 274 g/mol. The van der Waals surface area contributed by atoms with Crippen LogP contribution in [-0.2, 0) is 16.4 Å². The van der Waals surface area contributed by atoms with E-state index in [2.05, 4.69) is 5.32 Å². The first-order valence-electron chi connectivity index (χ1n) is 5.77. The molecule has 1 aromatic rings. The molecule has 0 aliphatic heterocycles. The SMILES string of the molecule is CNCCc1ccc(S(=O)(=O)N(C)C2CC2)s1. The van der Waals surface area contributed by atoms with Gasteiger partial charge in [0.2, 0.25) is 0 Å². The van der Waals surface area contributed by atoms with Crippen LogP contribution in [0.1, 0.15) is 17.7 Å². The van der Waals surface area contributed by atoms with Crippen LogP contribution < -0.4 is 5.32 Å². The number of rotatable bonds is 6. The molecule has 0 amide bonds. The lowest BCUT2D eigenvalue weighted by Gasteiger charge is -2.14. The van der Waals surface area contributed by atoms with Gasteiger partial charge in [-0.15, -0.1) is 11.3 Å². The molecule has 1 fully saturated rings. The molecule has 1 aliphatic rings. The fourth-order valence-electron chi connectivity index (χ4n) is 1.66. The Morgan fingerprint density at radius 3 is 2.76 bits per heavy atom. The summed E-state index contributed by atoms with van der Waals surface area (Å²) in [6, 6.07) is 3.86. The number of nitrogens with zero attached hydrogens (tertiary/aromatic N) is 1. The molecule has 96 valence electrons. The predicted molar refractivity (Wildman–Crippen MR) is 69.9 cm³/mol. The zero-order chi connectivity index (χ0) is 12.5. The van der Waals surface area contributed by atoms with Gasteiger partial charge in [-0.05, 0) is 45.0 Å². The summed E-state index contributed by atoms with van der Waals surface area (Å²) >= 11 is 1.38. The van der Waals surface area contributed by atoms with Crippen molar-refractivity contribution < 1.29 is 8.42 Å². The summed E-state index contributed by atoms with van der Waals surface area (Å²) in [5.41, 5.74) is 0. The van der Waals surface area contributed by atoms with Gasteiger partial charge in [0, 0.05) is 18.0 Å². The first-order chi connectivity index (χ1) is 8.05. The van der Waals surface area contributed by atoms with E-state index >= 15 is 0 Å². The molecule has 0 aromatic carbocycles. The first kappa shape index (κ1) is 13.0. The van der Waals surface area contributed by atoms with Crippen molar-refractivity contribution in [1.29, 1.82) is 0 Å². The van der Waals surface area contributed by atoms with E-state index < -0.39 is 10.0 Å². The average Bonchev–Trinajstić information content (AvgIpc) is 3.03. The van der Waals surface area contributed by atoms with Gasteiger partial charge in [-0.1, -0.05) is 0 Å². The van der Waals surface area contributed by atoms with Crippen LogP contribution in [0.4, 0.5) is 0 Å². The fraction of sp³-hybridized carbons (Fsp3) is 0.636. The maximum atomic E-state index is 12.2. The smallest absolute Gasteiger partial charge is 0.252 e. The average molecular weight is 274 g/mol. The van der Waals surface area contributed by atoms with E-state index in [4.69, 9.17) is 0 Å². The molecule has 6 heteroatoms. The Morgan fingerprint density at radius 1 is 1.47 bits per heavy atom. The van der Waals surface area contributed by atoms with E-state index in [0.717, 1.165) is 30.7 Å². The minimum absolute atomic E-state index is 0.225. The van der Waals surface area contributed by atoms with Crippen molar-refractivity contribution >= 4 is 21.4 Å². The number of hydrogen-bond donors (Lipinski definition) is 1. The molecule has 1 aromatic heterocycles. The van der Waals surface area contributed by atoms with E-state index in [1.54, 1.807) is 13.1 Å². The van der Waals surface area contributed by atoms with E-state index in [1.165, 1.54) is 15.6 Å². The van der Waals surface area contributed by atoms with E-state index in [9.17, 15) is 8.42 Å². The second kappa shape index (κ2) is 5.06. The van der Waals surface area contributed by atoms with Crippen LogP contribution >= 0.6 is 11.3 Å². The quantitative estimate of drug-likeness (QED) is 0.850. The van der Waals surface area contributed by atoms with Crippen LogP contribution in [0.2, 0.25) is 0 Å². The Balaban J connectivity index is 2.12. The molecule has 0 saturated heterocycles. The molecule has 17 heavy (non-hydrogen) atoms. The minimum Gasteiger partial charge on any atom is -0.319 e. The summed E-state index contributed by atoms with van der Waals surface area (Å²) in [6.45, 7) is 0.873. The van der Waals surface area contributed by atoms with Gasteiger partial charge in [0.1, 0.15) is 4.21 Å². The summed E-state index contributed by atoms with van der Waals surface area (Å²) in [4.78, 5) is 1.11. The highest BCUT2D eigenvalue weighted by Gasteiger charge is 2.35. The first-order valence-corrected chi connectivity index (χ1v) is 8.02. The second-order valence-electron chi connectivity index (χ2n) is 4.33. The molecule has 2 rings (SSSR count). The highest BCUT2D eigenvalue weighted by Crippen LogP contribution is 2.32. The summed E-state index contributed by atoms with van der Waals surface area (Å²) < 4.78 is 26.4. The van der Waals surface area contributed by atoms with Gasteiger partial charge in [0.05, 0.1) is 0 Å². The van der Waals surface area contributed by atoms with Crippen molar-refractivity contribution in [1.82, 2.24) is 9.62 Å². The molecule has 0 spiro atoms. The maximum absolute atomic E-state index is 12.2. The van der Waals surface area contributed by atoms with Gasteiger partial charge in [0.25, 0.3) is 10.0 Å². The van der Waals surface area contributed by atoms with Gasteiger partial charge < -0.3 is 5.32 Å². The van der Waals surface area contributed by atoms with E-state index in [0.29, 0.717) is 4.21 Å². The van der Waals surface area contributed by atoms with Crippen LogP contribution in [0.3, 0.4) is 0 Å². The molecule has 1 heterocycles. The van der Waals surface area contributed by atoms with E-state index in [1.807, 2.05) is 13.1 Å². The van der Waals surface area contributed by atoms with E-state index in [-0.39, 0.29) is 6.04 Å². The number of thiophene rings is 1. The minimum atomic E-state index is -3.25. The van der Waals surface area contributed by atoms with Crippen LogP contribution in [0.15, 0.2) is 16.3 Å². The molecule has 1 N–H and O–H groups in total. The normalized spacial score (nSPS) is 16.6. The van der Waals surface area contributed by atoms with Crippen molar-refractivity contribution in [3.8, 4) is 0 Å².